The molecule has 9 nitrogen and oxygen atoms in total. The summed E-state index contributed by atoms with van der Waals surface area (Å²) in [7, 11) is -3.59. The number of nitrogens with zero attached hydrogens (tertiary/aromatic N) is 3. The third-order valence-corrected chi connectivity index (χ3v) is 8.49. The lowest BCUT2D eigenvalue weighted by Gasteiger charge is -2.27. The number of aromatic nitrogens is 2. The summed E-state index contributed by atoms with van der Waals surface area (Å²) in [5, 5.41) is 5.35. The van der Waals surface area contributed by atoms with Crippen LogP contribution in [0.1, 0.15) is 13.8 Å². The second-order valence-corrected chi connectivity index (χ2v) is 10.9. The van der Waals surface area contributed by atoms with E-state index in [1.165, 1.54) is 4.90 Å². The SMILES string of the molecule is CC1(C)C(=O)NC(=O)N1CCNc1nccc(-c2ccc(S(=O)(=O)c3ccccc3)s2)n1. The Bertz CT molecular complexity index is 1270. The second-order valence-electron chi connectivity index (χ2n) is 7.60. The number of hydrogen-bond acceptors (Lipinski definition) is 8. The fourth-order valence-corrected chi connectivity index (χ4v) is 5.95. The highest BCUT2D eigenvalue weighted by atomic mass is 32.2. The van der Waals surface area contributed by atoms with Gasteiger partial charge in [0, 0.05) is 19.3 Å². The number of benzene rings is 1. The van der Waals surface area contributed by atoms with Crippen LogP contribution in [0.4, 0.5) is 10.7 Å². The Kier molecular flexibility index (Phi) is 5.70. The molecule has 1 fully saturated rings. The molecule has 1 aliphatic rings. The lowest BCUT2D eigenvalue weighted by Crippen LogP contribution is -2.46. The molecule has 2 aromatic heterocycles. The van der Waals surface area contributed by atoms with Crippen LogP contribution in [0.25, 0.3) is 10.6 Å². The first-order valence-corrected chi connectivity index (χ1v) is 12.1. The Balaban J connectivity index is 1.46. The van der Waals surface area contributed by atoms with Crippen LogP contribution in [0.2, 0.25) is 0 Å². The fraction of sp³-hybridized carbons (Fsp3) is 0.238. The second kappa shape index (κ2) is 8.32. The van der Waals surface area contributed by atoms with Crippen LogP contribution in [0.15, 0.2) is 63.8 Å². The number of sulfone groups is 1. The highest BCUT2D eigenvalue weighted by Crippen LogP contribution is 2.33. The fourth-order valence-electron chi connectivity index (χ4n) is 3.25. The molecule has 0 aliphatic carbocycles. The number of nitrogens with one attached hydrogen (secondary N) is 2. The van der Waals surface area contributed by atoms with E-state index >= 15 is 0 Å². The van der Waals surface area contributed by atoms with E-state index in [-0.39, 0.29) is 21.6 Å². The first-order chi connectivity index (χ1) is 15.2. The average Bonchev–Trinajstić information content (AvgIpc) is 3.34. The molecule has 3 heterocycles. The van der Waals surface area contributed by atoms with E-state index in [0.29, 0.717) is 23.1 Å². The number of anilines is 1. The van der Waals surface area contributed by atoms with Crippen molar-refractivity contribution in [2.75, 3.05) is 18.4 Å². The molecular formula is C21H21N5O4S2. The van der Waals surface area contributed by atoms with Gasteiger partial charge in [-0.1, -0.05) is 18.2 Å². The van der Waals surface area contributed by atoms with Gasteiger partial charge in [0.1, 0.15) is 9.75 Å². The normalized spacial score (nSPS) is 15.6. The Morgan fingerprint density at radius 1 is 1.09 bits per heavy atom. The summed E-state index contributed by atoms with van der Waals surface area (Å²) in [5.41, 5.74) is -0.338. The summed E-state index contributed by atoms with van der Waals surface area (Å²) >= 11 is 1.14. The van der Waals surface area contributed by atoms with Gasteiger partial charge in [-0.25, -0.2) is 23.2 Å². The quantitative estimate of drug-likeness (QED) is 0.508. The van der Waals surface area contributed by atoms with Gasteiger partial charge < -0.3 is 10.2 Å². The van der Waals surface area contributed by atoms with Crippen molar-refractivity contribution in [2.45, 2.75) is 28.5 Å². The molecule has 11 heteroatoms. The molecule has 0 bridgehead atoms. The van der Waals surface area contributed by atoms with Crippen molar-refractivity contribution in [3.8, 4) is 10.6 Å². The first kappa shape index (κ1) is 21.9. The molecule has 0 saturated carbocycles. The van der Waals surface area contributed by atoms with Crippen molar-refractivity contribution in [3.63, 3.8) is 0 Å². The molecule has 1 aliphatic heterocycles. The number of rotatable bonds is 7. The van der Waals surface area contributed by atoms with Gasteiger partial charge in [-0.15, -0.1) is 11.3 Å². The Morgan fingerprint density at radius 2 is 1.84 bits per heavy atom. The van der Waals surface area contributed by atoms with Gasteiger partial charge in [-0.05, 0) is 44.2 Å². The minimum atomic E-state index is -3.59. The zero-order chi connectivity index (χ0) is 22.9. The number of carbonyl (C=O) groups is 2. The van der Waals surface area contributed by atoms with E-state index in [9.17, 15) is 18.0 Å². The van der Waals surface area contributed by atoms with E-state index in [2.05, 4.69) is 20.6 Å². The highest BCUT2D eigenvalue weighted by Gasteiger charge is 2.45. The van der Waals surface area contributed by atoms with E-state index in [0.717, 1.165) is 11.3 Å². The van der Waals surface area contributed by atoms with Gasteiger partial charge in [-0.3, -0.25) is 10.1 Å². The van der Waals surface area contributed by atoms with Crippen LogP contribution in [-0.2, 0) is 14.6 Å². The molecule has 0 unspecified atom stereocenters. The van der Waals surface area contributed by atoms with Gasteiger partial charge in [0.15, 0.2) is 0 Å². The molecule has 1 saturated heterocycles. The molecule has 0 atom stereocenters. The third-order valence-electron chi connectivity index (χ3n) is 5.12. The highest BCUT2D eigenvalue weighted by molar-refractivity contribution is 7.93. The van der Waals surface area contributed by atoms with Crippen molar-refractivity contribution < 1.29 is 18.0 Å². The molecule has 32 heavy (non-hydrogen) atoms. The van der Waals surface area contributed by atoms with Crippen LogP contribution < -0.4 is 10.6 Å². The summed E-state index contributed by atoms with van der Waals surface area (Å²) in [4.78, 5) is 34.8. The number of hydrogen-bond donors (Lipinski definition) is 2. The van der Waals surface area contributed by atoms with Crippen molar-refractivity contribution in [3.05, 3.63) is 54.7 Å². The lowest BCUT2D eigenvalue weighted by molar-refractivity contribution is -0.125. The molecule has 3 aromatic rings. The topological polar surface area (TPSA) is 121 Å². The first-order valence-electron chi connectivity index (χ1n) is 9.80. The van der Waals surface area contributed by atoms with Crippen molar-refractivity contribution in [2.24, 2.45) is 0 Å². The molecule has 166 valence electrons. The Hall–Kier alpha value is -3.31. The van der Waals surface area contributed by atoms with Gasteiger partial charge >= 0.3 is 6.03 Å². The number of imide groups is 1. The van der Waals surface area contributed by atoms with Crippen LogP contribution in [0.3, 0.4) is 0 Å². The maximum absolute atomic E-state index is 12.8. The minimum Gasteiger partial charge on any atom is -0.352 e. The monoisotopic (exact) mass is 471 g/mol. The minimum absolute atomic E-state index is 0.235. The van der Waals surface area contributed by atoms with Crippen LogP contribution >= 0.6 is 11.3 Å². The van der Waals surface area contributed by atoms with Crippen molar-refractivity contribution in [1.82, 2.24) is 20.2 Å². The number of urea groups is 1. The predicted molar refractivity (Wildman–Crippen MR) is 120 cm³/mol. The summed E-state index contributed by atoms with van der Waals surface area (Å²) in [6.07, 6.45) is 1.58. The van der Waals surface area contributed by atoms with Gasteiger partial charge in [0.05, 0.1) is 15.5 Å². The largest absolute Gasteiger partial charge is 0.352 e. The van der Waals surface area contributed by atoms with E-state index in [1.807, 2.05) is 0 Å². The van der Waals surface area contributed by atoms with Crippen molar-refractivity contribution in [1.29, 1.82) is 0 Å². The molecule has 0 spiro atoms. The molecule has 0 radical (unpaired) electrons. The average molecular weight is 472 g/mol. The smallest absolute Gasteiger partial charge is 0.325 e. The zero-order valence-corrected chi connectivity index (χ0v) is 19.0. The molecule has 2 N–H and O–H groups in total. The van der Waals surface area contributed by atoms with Crippen LogP contribution in [0, 0.1) is 0 Å². The van der Waals surface area contributed by atoms with Crippen molar-refractivity contribution >= 4 is 39.1 Å². The van der Waals surface area contributed by atoms with Gasteiger partial charge in [0.2, 0.25) is 15.8 Å². The van der Waals surface area contributed by atoms with Gasteiger partial charge in [0.25, 0.3) is 5.91 Å². The molecule has 3 amide bonds. The van der Waals surface area contributed by atoms with E-state index in [4.69, 9.17) is 0 Å². The maximum atomic E-state index is 12.8. The van der Waals surface area contributed by atoms with Gasteiger partial charge in [-0.2, -0.15) is 0 Å². The van der Waals surface area contributed by atoms with Crippen LogP contribution in [0.5, 0.6) is 0 Å². The third kappa shape index (κ3) is 4.08. The summed E-state index contributed by atoms with van der Waals surface area (Å²) < 4.78 is 25.9. The Morgan fingerprint density at radius 3 is 2.53 bits per heavy atom. The molecule has 4 rings (SSSR count). The Labute approximate surface area is 189 Å². The summed E-state index contributed by atoms with van der Waals surface area (Å²) in [5.74, 6) is 0.00630. The van der Waals surface area contributed by atoms with E-state index in [1.54, 1.807) is 68.6 Å². The number of carbonyl (C=O) groups excluding carboxylic acids is 2. The van der Waals surface area contributed by atoms with E-state index < -0.39 is 21.4 Å². The lowest BCUT2D eigenvalue weighted by atomic mass is 10.0. The molecule has 1 aromatic carbocycles. The molecular weight excluding hydrogens is 450 g/mol. The number of amides is 3. The number of thiophene rings is 1. The predicted octanol–water partition coefficient (Wildman–Crippen LogP) is 2.78. The zero-order valence-electron chi connectivity index (χ0n) is 17.4. The van der Waals surface area contributed by atoms with Crippen LogP contribution in [-0.4, -0.2) is 53.9 Å². The maximum Gasteiger partial charge on any atom is 0.325 e. The summed E-state index contributed by atoms with van der Waals surface area (Å²) in [6, 6.07) is 12.8. The summed E-state index contributed by atoms with van der Waals surface area (Å²) in [6.45, 7) is 3.99. The standard InChI is InChI=1S/C21H21N5O4S2/c1-21(2)18(27)25-20(28)26(21)13-12-23-19-22-11-10-15(24-19)16-8-9-17(31-16)32(29,30)14-6-4-3-5-7-14/h3-11H,12-13H2,1-2H3,(H,22,23,24)(H,25,27,28).